The maximum absolute atomic E-state index is 12.2. The fourth-order valence-electron chi connectivity index (χ4n) is 2.48. The van der Waals surface area contributed by atoms with E-state index in [-0.39, 0.29) is 12.5 Å². The smallest absolute Gasteiger partial charge is 0.248 e. The highest BCUT2D eigenvalue weighted by molar-refractivity contribution is 5.90. The number of nitrogens with zero attached hydrogens (tertiary/aromatic N) is 4. The summed E-state index contributed by atoms with van der Waals surface area (Å²) >= 11 is 0. The standard InChI is InChI=1S/C19H21N5O3/c1-4-27-17-11-14(7-10-16(17)26-3)19-21-23-24(22-19)12-18(25)20-15-8-5-13(2)6-9-15/h5-11H,4,12H2,1-3H3,(H,20,25). The van der Waals surface area contributed by atoms with Gasteiger partial charge in [0.1, 0.15) is 6.54 Å². The number of methoxy groups -OCH3 is 1. The highest BCUT2D eigenvalue weighted by Crippen LogP contribution is 2.31. The predicted octanol–water partition coefficient (Wildman–Crippen LogP) is 2.69. The average Bonchev–Trinajstić information content (AvgIpc) is 3.12. The van der Waals surface area contributed by atoms with Crippen molar-refractivity contribution in [2.45, 2.75) is 20.4 Å². The van der Waals surface area contributed by atoms with E-state index in [0.717, 1.165) is 16.8 Å². The summed E-state index contributed by atoms with van der Waals surface area (Å²) in [5.41, 5.74) is 2.58. The monoisotopic (exact) mass is 367 g/mol. The normalized spacial score (nSPS) is 10.5. The molecule has 140 valence electrons. The molecular formula is C19H21N5O3. The van der Waals surface area contributed by atoms with E-state index < -0.39 is 0 Å². The first kappa shape index (κ1) is 18.4. The molecule has 0 aliphatic carbocycles. The van der Waals surface area contributed by atoms with Gasteiger partial charge in [-0.3, -0.25) is 4.79 Å². The Kier molecular flexibility index (Phi) is 5.65. The van der Waals surface area contributed by atoms with Crippen LogP contribution in [0.4, 0.5) is 5.69 Å². The van der Waals surface area contributed by atoms with Crippen LogP contribution >= 0.6 is 0 Å². The number of tetrazole rings is 1. The zero-order valence-corrected chi connectivity index (χ0v) is 15.5. The number of aromatic nitrogens is 4. The molecule has 1 N–H and O–H groups in total. The number of rotatable bonds is 7. The number of ether oxygens (including phenoxy) is 2. The van der Waals surface area contributed by atoms with Gasteiger partial charge in [-0.25, -0.2) is 0 Å². The van der Waals surface area contributed by atoms with Gasteiger partial charge < -0.3 is 14.8 Å². The van der Waals surface area contributed by atoms with Crippen molar-refractivity contribution in [2.24, 2.45) is 0 Å². The molecule has 0 radical (unpaired) electrons. The first-order valence-corrected chi connectivity index (χ1v) is 8.54. The van der Waals surface area contributed by atoms with Crippen LogP contribution in [0.5, 0.6) is 11.5 Å². The lowest BCUT2D eigenvalue weighted by molar-refractivity contribution is -0.117. The molecule has 0 aliphatic rings. The van der Waals surface area contributed by atoms with Crippen LogP contribution in [-0.4, -0.2) is 39.8 Å². The summed E-state index contributed by atoms with van der Waals surface area (Å²) in [6, 6.07) is 12.9. The van der Waals surface area contributed by atoms with Gasteiger partial charge in [0.2, 0.25) is 11.7 Å². The second-order valence-corrected chi connectivity index (χ2v) is 5.86. The summed E-state index contributed by atoms with van der Waals surface area (Å²) in [7, 11) is 1.58. The molecule has 0 fully saturated rings. The molecule has 0 spiro atoms. The minimum Gasteiger partial charge on any atom is -0.493 e. The maximum atomic E-state index is 12.2. The van der Waals surface area contributed by atoms with Crippen LogP contribution in [-0.2, 0) is 11.3 Å². The molecule has 3 rings (SSSR count). The molecule has 0 aliphatic heterocycles. The van der Waals surface area contributed by atoms with Crippen LogP contribution in [0.2, 0.25) is 0 Å². The number of benzene rings is 2. The number of aryl methyl sites for hydroxylation is 1. The van der Waals surface area contributed by atoms with Gasteiger partial charge in [-0.15, -0.1) is 10.2 Å². The number of anilines is 1. The molecule has 0 saturated carbocycles. The Balaban J connectivity index is 1.70. The Bertz CT molecular complexity index is 921. The van der Waals surface area contributed by atoms with Crippen molar-refractivity contribution in [3.8, 4) is 22.9 Å². The minimum absolute atomic E-state index is 0.0324. The van der Waals surface area contributed by atoms with Crippen LogP contribution < -0.4 is 14.8 Å². The van der Waals surface area contributed by atoms with Crippen LogP contribution in [0, 0.1) is 6.92 Å². The number of carbonyl (C=O) groups is 1. The molecule has 1 amide bonds. The van der Waals surface area contributed by atoms with Gasteiger partial charge in [-0.2, -0.15) is 4.80 Å². The Labute approximate surface area is 157 Å². The molecule has 27 heavy (non-hydrogen) atoms. The fourth-order valence-corrected chi connectivity index (χ4v) is 2.48. The molecule has 8 nitrogen and oxygen atoms in total. The second-order valence-electron chi connectivity index (χ2n) is 5.86. The van der Waals surface area contributed by atoms with E-state index in [2.05, 4.69) is 20.7 Å². The third kappa shape index (κ3) is 4.60. The second kappa shape index (κ2) is 8.31. The van der Waals surface area contributed by atoms with Gasteiger partial charge in [-0.05, 0) is 49.4 Å². The van der Waals surface area contributed by atoms with Crippen molar-refractivity contribution in [2.75, 3.05) is 19.0 Å². The zero-order valence-electron chi connectivity index (χ0n) is 15.5. The fraction of sp³-hybridized carbons (Fsp3) is 0.263. The van der Waals surface area contributed by atoms with Gasteiger partial charge in [0.15, 0.2) is 11.5 Å². The van der Waals surface area contributed by atoms with E-state index in [1.165, 1.54) is 4.80 Å². The molecule has 0 atom stereocenters. The third-order valence-corrected chi connectivity index (χ3v) is 3.79. The molecular weight excluding hydrogens is 346 g/mol. The molecule has 2 aromatic carbocycles. The van der Waals surface area contributed by atoms with E-state index >= 15 is 0 Å². The first-order valence-electron chi connectivity index (χ1n) is 8.54. The summed E-state index contributed by atoms with van der Waals surface area (Å²) in [5, 5.41) is 15.0. The Hall–Kier alpha value is -3.42. The lowest BCUT2D eigenvalue weighted by Gasteiger charge is -2.09. The Morgan fingerprint density at radius 2 is 1.93 bits per heavy atom. The molecule has 8 heteroatoms. The first-order chi connectivity index (χ1) is 13.1. The average molecular weight is 367 g/mol. The number of amides is 1. The van der Waals surface area contributed by atoms with Gasteiger partial charge in [0.05, 0.1) is 13.7 Å². The lowest BCUT2D eigenvalue weighted by Crippen LogP contribution is -2.20. The van der Waals surface area contributed by atoms with Crippen molar-refractivity contribution in [3.63, 3.8) is 0 Å². The van der Waals surface area contributed by atoms with E-state index in [4.69, 9.17) is 9.47 Å². The van der Waals surface area contributed by atoms with Crippen molar-refractivity contribution in [3.05, 3.63) is 48.0 Å². The van der Waals surface area contributed by atoms with Gasteiger partial charge in [-0.1, -0.05) is 17.7 Å². The number of carbonyl (C=O) groups excluding carboxylic acids is 1. The van der Waals surface area contributed by atoms with Crippen molar-refractivity contribution in [1.82, 2.24) is 20.2 Å². The summed E-state index contributed by atoms with van der Waals surface area (Å²) < 4.78 is 10.8. The van der Waals surface area contributed by atoms with Crippen LogP contribution in [0.25, 0.3) is 11.4 Å². The van der Waals surface area contributed by atoms with Crippen LogP contribution in [0.1, 0.15) is 12.5 Å². The van der Waals surface area contributed by atoms with Crippen molar-refractivity contribution < 1.29 is 14.3 Å². The minimum atomic E-state index is -0.229. The Morgan fingerprint density at radius 1 is 1.15 bits per heavy atom. The number of hydrogen-bond donors (Lipinski definition) is 1. The summed E-state index contributed by atoms with van der Waals surface area (Å²) in [5.74, 6) is 1.41. The number of hydrogen-bond acceptors (Lipinski definition) is 6. The molecule has 0 bridgehead atoms. The van der Waals surface area contributed by atoms with Crippen LogP contribution in [0.15, 0.2) is 42.5 Å². The van der Waals surface area contributed by atoms with Gasteiger partial charge in [0, 0.05) is 11.3 Å². The SMILES string of the molecule is CCOc1cc(-c2nnn(CC(=O)Nc3ccc(C)cc3)n2)ccc1OC. The molecule has 3 aromatic rings. The van der Waals surface area contributed by atoms with Gasteiger partial charge in [0.25, 0.3) is 0 Å². The Morgan fingerprint density at radius 3 is 2.63 bits per heavy atom. The maximum Gasteiger partial charge on any atom is 0.248 e. The van der Waals surface area contributed by atoms with Crippen LogP contribution in [0.3, 0.4) is 0 Å². The van der Waals surface area contributed by atoms with E-state index in [9.17, 15) is 4.79 Å². The molecule has 1 heterocycles. The van der Waals surface area contributed by atoms with Crippen molar-refractivity contribution >= 4 is 11.6 Å². The van der Waals surface area contributed by atoms with E-state index in [1.54, 1.807) is 19.2 Å². The molecule has 0 unspecified atom stereocenters. The third-order valence-electron chi connectivity index (χ3n) is 3.79. The topological polar surface area (TPSA) is 91.2 Å². The highest BCUT2D eigenvalue weighted by atomic mass is 16.5. The van der Waals surface area contributed by atoms with E-state index in [1.807, 2.05) is 44.2 Å². The van der Waals surface area contributed by atoms with E-state index in [0.29, 0.717) is 23.9 Å². The largest absolute Gasteiger partial charge is 0.493 e. The number of nitrogens with one attached hydrogen (secondary N) is 1. The highest BCUT2D eigenvalue weighted by Gasteiger charge is 2.12. The molecule has 1 aromatic heterocycles. The predicted molar refractivity (Wildman–Crippen MR) is 101 cm³/mol. The quantitative estimate of drug-likeness (QED) is 0.690. The lowest BCUT2D eigenvalue weighted by atomic mass is 10.2. The summed E-state index contributed by atoms with van der Waals surface area (Å²) in [4.78, 5) is 13.4. The summed E-state index contributed by atoms with van der Waals surface area (Å²) in [6.45, 7) is 4.37. The van der Waals surface area contributed by atoms with Crippen molar-refractivity contribution in [1.29, 1.82) is 0 Å². The van der Waals surface area contributed by atoms with Gasteiger partial charge >= 0.3 is 0 Å². The molecule has 0 saturated heterocycles. The summed E-state index contributed by atoms with van der Waals surface area (Å²) in [6.07, 6.45) is 0. The zero-order chi connectivity index (χ0) is 19.2.